The molecule has 0 atom stereocenters. The zero-order chi connectivity index (χ0) is 14.5. The predicted molar refractivity (Wildman–Crippen MR) is 75.8 cm³/mol. The zero-order valence-electron chi connectivity index (χ0n) is 10.8. The lowest BCUT2D eigenvalue weighted by atomic mass is 10.1. The second-order valence-electron chi connectivity index (χ2n) is 4.28. The van der Waals surface area contributed by atoms with Crippen molar-refractivity contribution in [2.45, 2.75) is 6.92 Å². The van der Waals surface area contributed by atoms with Gasteiger partial charge in [-0.3, -0.25) is 5.43 Å². The summed E-state index contributed by atoms with van der Waals surface area (Å²) in [6, 6.07) is 10.9. The highest BCUT2D eigenvalue weighted by molar-refractivity contribution is 5.88. The Labute approximate surface area is 115 Å². The van der Waals surface area contributed by atoms with Crippen molar-refractivity contribution in [3.05, 3.63) is 65.0 Å². The molecule has 0 fully saturated rings. The summed E-state index contributed by atoms with van der Waals surface area (Å²) in [5, 5.41) is 12.7. The number of carboxylic acid groups (broad SMARTS) is 1. The van der Waals surface area contributed by atoms with Gasteiger partial charge in [-0.25, -0.2) is 9.18 Å². The summed E-state index contributed by atoms with van der Waals surface area (Å²) in [5.41, 5.74) is 4.87. The average molecular weight is 272 g/mol. The highest BCUT2D eigenvalue weighted by atomic mass is 19.1. The molecule has 0 unspecified atom stereocenters. The molecule has 0 heterocycles. The monoisotopic (exact) mass is 272 g/mol. The molecule has 0 aliphatic rings. The van der Waals surface area contributed by atoms with Gasteiger partial charge in [0.1, 0.15) is 5.82 Å². The number of aryl methyl sites for hydroxylation is 1. The molecule has 102 valence electrons. The fraction of sp³-hybridized carbons (Fsp3) is 0.0667. The minimum absolute atomic E-state index is 0.198. The van der Waals surface area contributed by atoms with Crippen molar-refractivity contribution in [2.75, 3.05) is 5.43 Å². The number of hydrazone groups is 1. The summed E-state index contributed by atoms with van der Waals surface area (Å²) in [6.45, 7) is 1.87. The van der Waals surface area contributed by atoms with Crippen LogP contribution in [-0.2, 0) is 0 Å². The van der Waals surface area contributed by atoms with Gasteiger partial charge in [0.15, 0.2) is 0 Å². The second kappa shape index (κ2) is 5.97. The third-order valence-electron chi connectivity index (χ3n) is 2.68. The first kappa shape index (κ1) is 13.7. The van der Waals surface area contributed by atoms with Gasteiger partial charge < -0.3 is 5.11 Å². The number of benzene rings is 2. The largest absolute Gasteiger partial charge is 0.478 e. The van der Waals surface area contributed by atoms with Gasteiger partial charge >= 0.3 is 5.97 Å². The van der Waals surface area contributed by atoms with Crippen molar-refractivity contribution < 1.29 is 14.3 Å². The summed E-state index contributed by atoms with van der Waals surface area (Å²) in [4.78, 5) is 10.7. The number of nitrogens with zero attached hydrogens (tertiary/aromatic N) is 1. The Bertz CT molecular complexity index is 651. The number of carboxylic acids is 1. The Hall–Kier alpha value is -2.69. The standard InChI is InChI=1S/C15H13FN2O2/c1-10-2-7-14(16)12(8-10)9-17-18-13-5-3-11(4-6-13)15(19)20/h2-9,18H,1H3,(H,19,20)/b17-9+. The molecule has 4 nitrogen and oxygen atoms in total. The molecule has 0 saturated carbocycles. The lowest BCUT2D eigenvalue weighted by molar-refractivity contribution is 0.0697. The van der Waals surface area contributed by atoms with Crippen LogP contribution >= 0.6 is 0 Å². The number of hydrogen-bond acceptors (Lipinski definition) is 3. The fourth-order valence-corrected chi connectivity index (χ4v) is 1.63. The average Bonchev–Trinajstić information content (AvgIpc) is 2.43. The van der Waals surface area contributed by atoms with Gasteiger partial charge in [0, 0.05) is 5.56 Å². The SMILES string of the molecule is Cc1ccc(F)c(/C=N/Nc2ccc(C(=O)O)cc2)c1. The summed E-state index contributed by atoms with van der Waals surface area (Å²) in [6.07, 6.45) is 1.38. The van der Waals surface area contributed by atoms with Gasteiger partial charge in [-0.1, -0.05) is 11.6 Å². The van der Waals surface area contributed by atoms with Crippen molar-refractivity contribution in [2.24, 2.45) is 5.10 Å². The Morgan fingerprint density at radius 3 is 2.60 bits per heavy atom. The van der Waals surface area contributed by atoms with Gasteiger partial charge in [0.25, 0.3) is 0 Å². The minimum atomic E-state index is -0.984. The van der Waals surface area contributed by atoms with E-state index < -0.39 is 5.97 Å². The molecular formula is C15H13FN2O2. The Balaban J connectivity index is 2.06. The maximum Gasteiger partial charge on any atom is 0.335 e. The van der Waals surface area contributed by atoms with E-state index in [2.05, 4.69) is 10.5 Å². The van der Waals surface area contributed by atoms with Crippen LogP contribution in [0.1, 0.15) is 21.5 Å². The molecule has 2 rings (SSSR count). The number of carbonyl (C=O) groups is 1. The van der Waals surface area contributed by atoms with Crippen LogP contribution in [0.3, 0.4) is 0 Å². The third-order valence-corrected chi connectivity index (χ3v) is 2.68. The Kier molecular flexibility index (Phi) is 4.10. The smallest absolute Gasteiger partial charge is 0.335 e. The van der Waals surface area contributed by atoms with Gasteiger partial charge in [-0.05, 0) is 43.3 Å². The van der Waals surface area contributed by atoms with Crippen LogP contribution in [0.5, 0.6) is 0 Å². The lowest BCUT2D eigenvalue weighted by Gasteiger charge is -2.01. The first-order chi connectivity index (χ1) is 9.56. The van der Waals surface area contributed by atoms with Crippen LogP contribution in [0.2, 0.25) is 0 Å². The van der Waals surface area contributed by atoms with E-state index in [1.54, 1.807) is 24.3 Å². The lowest BCUT2D eigenvalue weighted by Crippen LogP contribution is -1.97. The van der Waals surface area contributed by atoms with Crippen LogP contribution in [-0.4, -0.2) is 17.3 Å². The number of nitrogens with one attached hydrogen (secondary N) is 1. The van der Waals surface area contributed by atoms with Crippen LogP contribution in [0.25, 0.3) is 0 Å². The van der Waals surface area contributed by atoms with Gasteiger partial charge in [0.05, 0.1) is 17.5 Å². The molecule has 20 heavy (non-hydrogen) atoms. The zero-order valence-corrected chi connectivity index (χ0v) is 10.8. The van der Waals surface area contributed by atoms with Crippen LogP contribution in [0.4, 0.5) is 10.1 Å². The summed E-state index contributed by atoms with van der Waals surface area (Å²) in [5.74, 6) is -1.33. The van der Waals surface area contributed by atoms with E-state index in [-0.39, 0.29) is 11.4 Å². The van der Waals surface area contributed by atoms with E-state index in [0.717, 1.165) is 5.56 Å². The second-order valence-corrected chi connectivity index (χ2v) is 4.28. The van der Waals surface area contributed by atoms with Crippen LogP contribution < -0.4 is 5.43 Å². The molecule has 0 aromatic heterocycles. The highest BCUT2D eigenvalue weighted by Gasteiger charge is 2.01. The van der Waals surface area contributed by atoms with Gasteiger partial charge in [-0.15, -0.1) is 0 Å². The van der Waals surface area contributed by atoms with Crippen molar-refractivity contribution in [3.63, 3.8) is 0 Å². The van der Waals surface area contributed by atoms with Crippen LogP contribution in [0.15, 0.2) is 47.6 Å². The van der Waals surface area contributed by atoms with E-state index in [0.29, 0.717) is 11.3 Å². The Morgan fingerprint density at radius 2 is 1.95 bits per heavy atom. The van der Waals surface area contributed by atoms with Gasteiger partial charge in [0.2, 0.25) is 0 Å². The molecule has 0 radical (unpaired) electrons. The molecule has 2 aromatic carbocycles. The van der Waals surface area contributed by atoms with Crippen molar-refractivity contribution in [1.82, 2.24) is 0 Å². The van der Waals surface area contributed by atoms with Crippen molar-refractivity contribution in [3.8, 4) is 0 Å². The third kappa shape index (κ3) is 3.41. The molecule has 0 spiro atoms. The van der Waals surface area contributed by atoms with E-state index in [1.165, 1.54) is 24.4 Å². The van der Waals surface area contributed by atoms with E-state index >= 15 is 0 Å². The topological polar surface area (TPSA) is 61.7 Å². The maximum absolute atomic E-state index is 13.5. The number of hydrogen-bond donors (Lipinski definition) is 2. The number of rotatable bonds is 4. The summed E-state index contributed by atoms with van der Waals surface area (Å²) >= 11 is 0. The first-order valence-electron chi connectivity index (χ1n) is 5.95. The molecule has 0 amide bonds. The molecular weight excluding hydrogens is 259 g/mol. The Morgan fingerprint density at radius 1 is 1.25 bits per heavy atom. The molecule has 5 heteroatoms. The molecule has 2 aromatic rings. The number of aromatic carboxylic acids is 1. The minimum Gasteiger partial charge on any atom is -0.478 e. The quantitative estimate of drug-likeness (QED) is 0.663. The van der Waals surface area contributed by atoms with Crippen LogP contribution in [0, 0.1) is 12.7 Å². The first-order valence-corrected chi connectivity index (χ1v) is 5.95. The van der Waals surface area contributed by atoms with E-state index in [4.69, 9.17) is 5.11 Å². The molecule has 2 N–H and O–H groups in total. The normalized spacial score (nSPS) is 10.7. The summed E-state index contributed by atoms with van der Waals surface area (Å²) < 4.78 is 13.5. The molecule has 0 bridgehead atoms. The summed E-state index contributed by atoms with van der Waals surface area (Å²) in [7, 11) is 0. The van der Waals surface area contributed by atoms with E-state index in [9.17, 15) is 9.18 Å². The molecule has 0 saturated heterocycles. The molecule has 0 aliphatic carbocycles. The van der Waals surface area contributed by atoms with Crippen molar-refractivity contribution >= 4 is 17.9 Å². The van der Waals surface area contributed by atoms with E-state index in [1.807, 2.05) is 6.92 Å². The van der Waals surface area contributed by atoms with Gasteiger partial charge in [-0.2, -0.15) is 5.10 Å². The predicted octanol–water partition coefficient (Wildman–Crippen LogP) is 3.28. The maximum atomic E-state index is 13.5. The number of halogens is 1. The highest BCUT2D eigenvalue weighted by Crippen LogP contribution is 2.10. The fourth-order valence-electron chi connectivity index (χ4n) is 1.63. The number of anilines is 1. The molecule has 0 aliphatic heterocycles. The van der Waals surface area contributed by atoms with Crippen molar-refractivity contribution in [1.29, 1.82) is 0 Å².